The number of amides is 1. The topological polar surface area (TPSA) is 66.9 Å². The van der Waals surface area contributed by atoms with E-state index in [2.05, 4.69) is 15.0 Å². The van der Waals surface area contributed by atoms with Gasteiger partial charge in [-0.3, -0.25) is 4.79 Å². The minimum absolute atomic E-state index is 0.114. The van der Waals surface area contributed by atoms with E-state index in [0.29, 0.717) is 41.2 Å². The number of hydrogen-bond donors (Lipinski definition) is 0. The van der Waals surface area contributed by atoms with Crippen molar-refractivity contribution >= 4 is 23.4 Å². The number of carbonyl (C=O) groups excluding carboxylic acids is 1. The number of hydrogen-bond acceptors (Lipinski definition) is 5. The van der Waals surface area contributed by atoms with Crippen LogP contribution in [0, 0.1) is 6.92 Å². The summed E-state index contributed by atoms with van der Waals surface area (Å²) >= 11 is 6.20. The van der Waals surface area contributed by atoms with Gasteiger partial charge in [-0.25, -0.2) is 0 Å². The molecule has 2 aromatic heterocycles. The van der Waals surface area contributed by atoms with Crippen LogP contribution in [-0.2, 0) is 0 Å². The lowest BCUT2D eigenvalue weighted by Gasteiger charge is -2.31. The predicted molar refractivity (Wildman–Crippen MR) is 93.8 cm³/mol. The molecule has 4 rings (SSSR count). The zero-order valence-corrected chi connectivity index (χ0v) is 14.8. The first-order valence-corrected chi connectivity index (χ1v) is 8.51. The molecule has 7 nitrogen and oxygen atoms in total. The molecule has 0 radical (unpaired) electrons. The molecular weight excluding hydrogens is 342 g/mol. The SMILES string of the molecule is Cc1c(C(=O)N2CCN(C)CC2)oc2nc(-c3ccccc3Cl)nn12. The molecule has 1 aliphatic heterocycles. The third kappa shape index (κ3) is 2.79. The second-order valence-corrected chi connectivity index (χ2v) is 6.63. The van der Waals surface area contributed by atoms with E-state index in [-0.39, 0.29) is 5.91 Å². The minimum atomic E-state index is -0.114. The van der Waals surface area contributed by atoms with E-state index >= 15 is 0 Å². The molecule has 130 valence electrons. The van der Waals surface area contributed by atoms with E-state index in [1.165, 1.54) is 0 Å². The van der Waals surface area contributed by atoms with E-state index in [1.807, 2.05) is 32.2 Å². The number of oxazole rings is 1. The number of nitrogens with zero attached hydrogens (tertiary/aromatic N) is 5. The smallest absolute Gasteiger partial charge is 0.325 e. The van der Waals surface area contributed by atoms with Gasteiger partial charge in [0.05, 0.1) is 10.7 Å². The van der Waals surface area contributed by atoms with Crippen LogP contribution in [-0.4, -0.2) is 63.5 Å². The fourth-order valence-corrected chi connectivity index (χ4v) is 3.17. The molecular formula is C17H18ClN5O2. The normalized spacial score (nSPS) is 15.9. The molecule has 3 heterocycles. The van der Waals surface area contributed by atoms with Gasteiger partial charge < -0.3 is 14.2 Å². The Hall–Kier alpha value is -2.38. The Balaban J connectivity index is 1.67. The molecule has 0 N–H and O–H groups in total. The molecule has 8 heteroatoms. The van der Waals surface area contributed by atoms with Crippen LogP contribution < -0.4 is 0 Å². The Kier molecular flexibility index (Phi) is 3.97. The highest BCUT2D eigenvalue weighted by atomic mass is 35.5. The Morgan fingerprint density at radius 1 is 1.20 bits per heavy atom. The van der Waals surface area contributed by atoms with E-state index in [9.17, 15) is 4.79 Å². The fraction of sp³-hybridized carbons (Fsp3) is 0.353. The number of halogens is 1. The van der Waals surface area contributed by atoms with E-state index in [4.69, 9.17) is 16.0 Å². The monoisotopic (exact) mass is 359 g/mol. The Morgan fingerprint density at radius 2 is 1.92 bits per heavy atom. The van der Waals surface area contributed by atoms with Crippen molar-refractivity contribution in [2.24, 2.45) is 0 Å². The maximum atomic E-state index is 12.7. The first kappa shape index (κ1) is 16.1. The van der Waals surface area contributed by atoms with Crippen LogP contribution >= 0.6 is 11.6 Å². The summed E-state index contributed by atoms with van der Waals surface area (Å²) in [6.45, 7) is 4.91. The second-order valence-electron chi connectivity index (χ2n) is 6.22. The van der Waals surface area contributed by atoms with Crippen molar-refractivity contribution in [1.82, 2.24) is 24.4 Å². The second kappa shape index (κ2) is 6.16. The van der Waals surface area contributed by atoms with Crippen molar-refractivity contribution in [2.75, 3.05) is 33.2 Å². The number of piperazine rings is 1. The number of aromatic nitrogens is 3. The molecule has 1 fully saturated rings. The van der Waals surface area contributed by atoms with Gasteiger partial charge in [-0.05, 0) is 26.1 Å². The van der Waals surface area contributed by atoms with Crippen molar-refractivity contribution in [2.45, 2.75) is 6.92 Å². The van der Waals surface area contributed by atoms with Gasteiger partial charge >= 0.3 is 5.84 Å². The van der Waals surface area contributed by atoms with Crippen molar-refractivity contribution in [3.63, 3.8) is 0 Å². The van der Waals surface area contributed by atoms with Gasteiger partial charge in [0.1, 0.15) is 0 Å². The lowest BCUT2D eigenvalue weighted by Crippen LogP contribution is -2.47. The summed E-state index contributed by atoms with van der Waals surface area (Å²) in [4.78, 5) is 21.1. The highest BCUT2D eigenvalue weighted by molar-refractivity contribution is 6.33. The standard InChI is InChI=1S/C17H18ClN5O2/c1-11-14(16(24)22-9-7-21(2)8-10-22)25-17-19-15(20-23(11)17)12-5-3-4-6-13(12)18/h3-6H,7-10H2,1-2H3. The number of likely N-dealkylation sites (N-methyl/N-ethyl adjacent to an activating group) is 1. The lowest BCUT2D eigenvalue weighted by molar-refractivity contribution is 0.0633. The van der Waals surface area contributed by atoms with Gasteiger partial charge in [-0.15, -0.1) is 5.10 Å². The van der Waals surface area contributed by atoms with Crippen LogP contribution in [0.5, 0.6) is 0 Å². The molecule has 0 bridgehead atoms. The zero-order valence-electron chi connectivity index (χ0n) is 14.1. The van der Waals surface area contributed by atoms with Gasteiger partial charge in [0.15, 0.2) is 5.82 Å². The van der Waals surface area contributed by atoms with Gasteiger partial charge in [-0.2, -0.15) is 9.50 Å². The van der Waals surface area contributed by atoms with Crippen LogP contribution in [0.4, 0.5) is 0 Å². The van der Waals surface area contributed by atoms with Crippen molar-refractivity contribution < 1.29 is 9.21 Å². The summed E-state index contributed by atoms with van der Waals surface area (Å²) in [7, 11) is 2.05. The number of rotatable bonds is 2. The summed E-state index contributed by atoms with van der Waals surface area (Å²) in [5, 5.41) is 5.02. The molecule has 1 amide bonds. The summed E-state index contributed by atoms with van der Waals surface area (Å²) in [5.41, 5.74) is 1.37. The summed E-state index contributed by atoms with van der Waals surface area (Å²) in [6, 6.07) is 7.36. The molecule has 0 spiro atoms. The van der Waals surface area contributed by atoms with Gasteiger partial charge in [-0.1, -0.05) is 23.7 Å². The lowest BCUT2D eigenvalue weighted by atomic mass is 10.2. The largest absolute Gasteiger partial charge is 0.416 e. The molecule has 25 heavy (non-hydrogen) atoms. The van der Waals surface area contributed by atoms with Crippen molar-refractivity contribution in [3.8, 4) is 11.4 Å². The highest BCUT2D eigenvalue weighted by Gasteiger charge is 2.27. The molecule has 1 saturated heterocycles. The Bertz CT molecular complexity index is 940. The average molecular weight is 360 g/mol. The third-order valence-electron chi connectivity index (χ3n) is 4.52. The first-order valence-electron chi connectivity index (χ1n) is 8.13. The molecule has 3 aromatic rings. The minimum Gasteiger partial charge on any atom is -0.416 e. The number of carbonyl (C=O) groups is 1. The maximum absolute atomic E-state index is 12.7. The zero-order chi connectivity index (χ0) is 17.6. The first-order chi connectivity index (χ1) is 12.0. The van der Waals surface area contributed by atoms with Crippen LogP contribution in [0.15, 0.2) is 28.7 Å². The van der Waals surface area contributed by atoms with Crippen LogP contribution in [0.3, 0.4) is 0 Å². The average Bonchev–Trinajstić information content (AvgIpc) is 3.15. The van der Waals surface area contributed by atoms with Gasteiger partial charge in [0.25, 0.3) is 5.91 Å². The third-order valence-corrected chi connectivity index (χ3v) is 4.85. The summed E-state index contributed by atoms with van der Waals surface area (Å²) in [5.74, 6) is 0.957. The Labute approximate surface area is 149 Å². The number of aryl methyl sites for hydroxylation is 1. The molecule has 0 atom stereocenters. The predicted octanol–water partition coefficient (Wildman–Crippen LogP) is 2.34. The quantitative estimate of drug-likeness (QED) is 0.702. The van der Waals surface area contributed by atoms with Crippen LogP contribution in [0.1, 0.15) is 16.2 Å². The Morgan fingerprint density at radius 3 is 2.60 bits per heavy atom. The molecule has 0 saturated carbocycles. The van der Waals surface area contributed by atoms with Crippen molar-refractivity contribution in [1.29, 1.82) is 0 Å². The maximum Gasteiger partial charge on any atom is 0.325 e. The van der Waals surface area contributed by atoms with Gasteiger partial charge in [0.2, 0.25) is 5.76 Å². The molecule has 0 aliphatic carbocycles. The molecule has 0 unspecified atom stereocenters. The number of benzene rings is 1. The van der Waals surface area contributed by atoms with E-state index in [0.717, 1.165) is 18.7 Å². The molecule has 1 aromatic carbocycles. The van der Waals surface area contributed by atoms with Crippen LogP contribution in [0.25, 0.3) is 17.2 Å². The molecule has 1 aliphatic rings. The van der Waals surface area contributed by atoms with Crippen LogP contribution in [0.2, 0.25) is 5.02 Å². The summed E-state index contributed by atoms with van der Waals surface area (Å²) < 4.78 is 7.28. The van der Waals surface area contributed by atoms with E-state index in [1.54, 1.807) is 15.5 Å². The van der Waals surface area contributed by atoms with Gasteiger partial charge in [0, 0.05) is 31.7 Å². The highest BCUT2D eigenvalue weighted by Crippen LogP contribution is 2.26. The number of fused-ring (bicyclic) bond motifs is 1. The summed E-state index contributed by atoms with van der Waals surface area (Å²) in [6.07, 6.45) is 0. The van der Waals surface area contributed by atoms with Crippen molar-refractivity contribution in [3.05, 3.63) is 40.7 Å². The van der Waals surface area contributed by atoms with E-state index < -0.39 is 0 Å². The fourth-order valence-electron chi connectivity index (χ4n) is 2.95.